The van der Waals surface area contributed by atoms with Crippen molar-refractivity contribution in [3.05, 3.63) is 32.9 Å². The van der Waals surface area contributed by atoms with Crippen molar-refractivity contribution < 1.29 is 0 Å². The molecule has 90 valence electrons. The Kier molecular flexibility index (Phi) is 4.10. The molecule has 1 aromatic rings. The zero-order chi connectivity index (χ0) is 12.3. The highest BCUT2D eigenvalue weighted by Gasteiger charge is 2.10. The molecule has 0 aliphatic heterocycles. The highest BCUT2D eigenvalue weighted by Crippen LogP contribution is 2.05. The summed E-state index contributed by atoms with van der Waals surface area (Å²) in [5, 5.41) is 5.24. The number of nitrogens with one attached hydrogen (secondary N) is 1. The van der Waals surface area contributed by atoms with Crippen LogP contribution in [0.2, 0.25) is 0 Å². The first-order chi connectivity index (χ1) is 7.29. The quantitative estimate of drug-likeness (QED) is 0.818. The van der Waals surface area contributed by atoms with E-state index in [0.717, 1.165) is 17.8 Å². The van der Waals surface area contributed by atoms with Crippen molar-refractivity contribution in [2.75, 3.05) is 6.54 Å². The third kappa shape index (κ3) is 3.94. The van der Waals surface area contributed by atoms with Gasteiger partial charge in [-0.1, -0.05) is 17.9 Å². The Morgan fingerprint density at radius 2 is 2.19 bits per heavy atom. The van der Waals surface area contributed by atoms with Gasteiger partial charge in [-0.3, -0.25) is 9.36 Å². The van der Waals surface area contributed by atoms with Crippen LogP contribution in [-0.4, -0.2) is 16.7 Å². The average Bonchev–Trinajstić information content (AvgIpc) is 2.45. The molecule has 1 heterocycles. The molecule has 0 saturated carbocycles. The Balaban J connectivity index is 2.56. The molecule has 0 aromatic carbocycles. The lowest BCUT2D eigenvalue weighted by atomic mass is 10.1. The summed E-state index contributed by atoms with van der Waals surface area (Å²) in [7, 11) is 0. The van der Waals surface area contributed by atoms with E-state index in [1.54, 1.807) is 4.57 Å². The number of hydrogen-bond donors (Lipinski definition) is 1. The van der Waals surface area contributed by atoms with E-state index in [1.807, 2.05) is 12.3 Å². The second kappa shape index (κ2) is 4.97. The molecule has 0 aliphatic carbocycles. The molecule has 1 rings (SSSR count). The molecule has 1 N–H and O–H groups in total. The van der Waals surface area contributed by atoms with Crippen molar-refractivity contribution in [1.29, 1.82) is 0 Å². The lowest BCUT2D eigenvalue weighted by Crippen LogP contribution is -2.37. The van der Waals surface area contributed by atoms with Crippen LogP contribution in [-0.2, 0) is 6.54 Å². The topological polar surface area (TPSA) is 34.0 Å². The molecule has 4 heteroatoms. The van der Waals surface area contributed by atoms with Gasteiger partial charge in [0.25, 0.3) is 0 Å². The Labute approximate surface area is 101 Å². The molecule has 0 radical (unpaired) electrons. The van der Waals surface area contributed by atoms with Crippen LogP contribution in [0.25, 0.3) is 0 Å². The van der Waals surface area contributed by atoms with Gasteiger partial charge < -0.3 is 5.32 Å². The van der Waals surface area contributed by atoms with Gasteiger partial charge >= 0.3 is 4.87 Å². The minimum absolute atomic E-state index is 0.0809. The zero-order valence-electron chi connectivity index (χ0n) is 10.5. The average molecular weight is 240 g/mol. The lowest BCUT2D eigenvalue weighted by molar-refractivity contribution is 0.440. The fraction of sp³-hybridized carbons (Fsp3) is 0.583. The van der Waals surface area contributed by atoms with E-state index >= 15 is 0 Å². The molecule has 0 bridgehead atoms. The summed E-state index contributed by atoms with van der Waals surface area (Å²) in [6.07, 6.45) is 0. The van der Waals surface area contributed by atoms with E-state index < -0.39 is 0 Å². The van der Waals surface area contributed by atoms with Crippen molar-refractivity contribution in [1.82, 2.24) is 9.88 Å². The normalized spacial score (nSPS) is 11.8. The van der Waals surface area contributed by atoms with Gasteiger partial charge in [-0.15, -0.1) is 0 Å². The van der Waals surface area contributed by atoms with Gasteiger partial charge in [0.2, 0.25) is 0 Å². The smallest absolute Gasteiger partial charge is 0.307 e. The summed E-state index contributed by atoms with van der Waals surface area (Å²) in [5.41, 5.74) is 2.11. The van der Waals surface area contributed by atoms with Crippen LogP contribution in [0.4, 0.5) is 0 Å². The highest BCUT2D eigenvalue weighted by molar-refractivity contribution is 7.07. The molecule has 16 heavy (non-hydrogen) atoms. The molecule has 0 atom stereocenters. The van der Waals surface area contributed by atoms with Gasteiger partial charge in [-0.2, -0.15) is 0 Å². The van der Waals surface area contributed by atoms with Gasteiger partial charge in [0.1, 0.15) is 0 Å². The first-order valence-electron chi connectivity index (χ1n) is 5.36. The number of aryl methyl sites for hydroxylation is 1. The van der Waals surface area contributed by atoms with Gasteiger partial charge in [-0.25, -0.2) is 0 Å². The minimum Gasteiger partial charge on any atom is -0.308 e. The van der Waals surface area contributed by atoms with Crippen molar-refractivity contribution in [2.24, 2.45) is 0 Å². The molecule has 0 amide bonds. The summed E-state index contributed by atoms with van der Waals surface area (Å²) in [5.74, 6) is 0. The molecule has 1 aromatic heterocycles. The Morgan fingerprint density at radius 1 is 1.56 bits per heavy atom. The molecule has 0 unspecified atom stereocenters. The number of rotatable bonds is 4. The van der Waals surface area contributed by atoms with Crippen LogP contribution in [0, 0.1) is 6.92 Å². The fourth-order valence-corrected chi connectivity index (χ4v) is 2.00. The lowest BCUT2D eigenvalue weighted by Gasteiger charge is -2.21. The first kappa shape index (κ1) is 13.2. The molecule has 0 saturated heterocycles. The van der Waals surface area contributed by atoms with E-state index in [9.17, 15) is 4.79 Å². The van der Waals surface area contributed by atoms with E-state index in [-0.39, 0.29) is 10.4 Å². The summed E-state index contributed by atoms with van der Waals surface area (Å²) < 4.78 is 1.76. The SMILES string of the molecule is C=C(CNC(C)(C)C)Cn1c(C)csc1=O. The van der Waals surface area contributed by atoms with Gasteiger partial charge in [0.15, 0.2) is 0 Å². The van der Waals surface area contributed by atoms with Crippen molar-refractivity contribution in [3.8, 4) is 0 Å². The first-order valence-corrected chi connectivity index (χ1v) is 6.24. The van der Waals surface area contributed by atoms with Crippen LogP contribution in [0.15, 0.2) is 22.3 Å². The molecule has 3 nitrogen and oxygen atoms in total. The second-order valence-electron chi connectivity index (χ2n) is 5.08. The van der Waals surface area contributed by atoms with Crippen molar-refractivity contribution in [2.45, 2.75) is 39.8 Å². The van der Waals surface area contributed by atoms with Gasteiger partial charge in [0.05, 0.1) is 0 Å². The standard InChI is InChI=1S/C12H20N2OS/c1-9(6-13-12(3,4)5)7-14-10(2)8-16-11(14)15/h8,13H,1,6-7H2,2-5H3. The summed E-state index contributed by atoms with van der Waals surface area (Å²) in [6.45, 7) is 13.6. The van der Waals surface area contributed by atoms with Crippen LogP contribution < -0.4 is 10.2 Å². The maximum absolute atomic E-state index is 11.5. The molecule has 0 spiro atoms. The van der Waals surface area contributed by atoms with E-state index in [0.29, 0.717) is 6.54 Å². The summed E-state index contributed by atoms with van der Waals surface area (Å²) in [6, 6.07) is 0. The van der Waals surface area contributed by atoms with E-state index in [1.165, 1.54) is 11.3 Å². The van der Waals surface area contributed by atoms with Crippen LogP contribution in [0.1, 0.15) is 26.5 Å². The summed E-state index contributed by atoms with van der Waals surface area (Å²) >= 11 is 1.24. The van der Waals surface area contributed by atoms with Gasteiger partial charge in [0, 0.05) is 29.7 Å². The minimum atomic E-state index is 0.0809. The maximum Gasteiger partial charge on any atom is 0.307 e. The van der Waals surface area contributed by atoms with Crippen molar-refractivity contribution in [3.63, 3.8) is 0 Å². The van der Waals surface area contributed by atoms with Crippen molar-refractivity contribution >= 4 is 11.3 Å². The fourth-order valence-electron chi connectivity index (χ4n) is 1.27. The largest absolute Gasteiger partial charge is 0.308 e. The Morgan fingerprint density at radius 3 is 2.62 bits per heavy atom. The van der Waals surface area contributed by atoms with Crippen LogP contribution in [0.5, 0.6) is 0 Å². The maximum atomic E-state index is 11.5. The third-order valence-electron chi connectivity index (χ3n) is 2.23. The van der Waals surface area contributed by atoms with Crippen LogP contribution >= 0.6 is 11.3 Å². The molecule has 0 fully saturated rings. The Hall–Kier alpha value is -0.870. The third-order valence-corrected chi connectivity index (χ3v) is 3.11. The number of aromatic nitrogens is 1. The highest BCUT2D eigenvalue weighted by atomic mass is 32.1. The van der Waals surface area contributed by atoms with E-state index in [4.69, 9.17) is 0 Å². The molecular formula is C12H20N2OS. The van der Waals surface area contributed by atoms with Gasteiger partial charge in [-0.05, 0) is 33.3 Å². The molecular weight excluding hydrogens is 220 g/mol. The second-order valence-corrected chi connectivity index (χ2v) is 5.90. The number of nitrogens with zero attached hydrogens (tertiary/aromatic N) is 1. The number of thiazole rings is 1. The predicted octanol–water partition coefficient (Wildman–Crippen LogP) is 2.16. The zero-order valence-corrected chi connectivity index (χ0v) is 11.3. The van der Waals surface area contributed by atoms with Crippen LogP contribution in [0.3, 0.4) is 0 Å². The number of hydrogen-bond acceptors (Lipinski definition) is 3. The monoisotopic (exact) mass is 240 g/mol. The predicted molar refractivity (Wildman–Crippen MR) is 70.2 cm³/mol. The molecule has 0 aliphatic rings. The van der Waals surface area contributed by atoms with E-state index in [2.05, 4.69) is 32.7 Å². The summed E-state index contributed by atoms with van der Waals surface area (Å²) in [4.78, 5) is 11.6. The Bertz CT molecular complexity index is 423.